The van der Waals surface area contributed by atoms with Crippen molar-refractivity contribution in [3.05, 3.63) is 12.7 Å². The highest BCUT2D eigenvalue weighted by Crippen LogP contribution is 2.40. The van der Waals surface area contributed by atoms with Crippen LogP contribution in [0.25, 0.3) is 0 Å². The smallest absolute Gasteiger partial charge is 0.222 e. The molecule has 0 aromatic heterocycles. The van der Waals surface area contributed by atoms with Crippen molar-refractivity contribution in [3.63, 3.8) is 0 Å². The van der Waals surface area contributed by atoms with Crippen molar-refractivity contribution in [1.82, 2.24) is 9.80 Å². The first-order valence-corrected chi connectivity index (χ1v) is 8.93. The third-order valence-electron chi connectivity index (χ3n) is 5.75. The SMILES string of the molecule is C=CCN1CC2(CCC1=O)CCN(C[C@H]1CCCCO1)CC2. The molecule has 0 radical (unpaired) electrons. The molecule has 4 nitrogen and oxygen atoms in total. The van der Waals surface area contributed by atoms with Gasteiger partial charge in [-0.05, 0) is 57.0 Å². The van der Waals surface area contributed by atoms with E-state index in [-0.39, 0.29) is 0 Å². The molecule has 0 bridgehead atoms. The molecule has 1 amide bonds. The second kappa shape index (κ2) is 7.14. The molecule has 3 rings (SSSR count). The van der Waals surface area contributed by atoms with Crippen LogP contribution in [0.15, 0.2) is 12.7 Å². The molecular weight excluding hydrogens is 276 g/mol. The third-order valence-corrected chi connectivity index (χ3v) is 5.75. The van der Waals surface area contributed by atoms with Gasteiger partial charge in [-0.25, -0.2) is 0 Å². The van der Waals surface area contributed by atoms with Crippen LogP contribution in [0.3, 0.4) is 0 Å². The molecule has 3 saturated heterocycles. The van der Waals surface area contributed by atoms with Crippen LogP contribution >= 0.6 is 0 Å². The van der Waals surface area contributed by atoms with E-state index in [1.54, 1.807) is 0 Å². The van der Waals surface area contributed by atoms with Crippen LogP contribution in [0.1, 0.15) is 44.9 Å². The maximum Gasteiger partial charge on any atom is 0.222 e. The zero-order chi connectivity index (χ0) is 15.4. The summed E-state index contributed by atoms with van der Waals surface area (Å²) in [5.74, 6) is 0.309. The van der Waals surface area contributed by atoms with Gasteiger partial charge in [-0.2, -0.15) is 0 Å². The maximum atomic E-state index is 12.0. The fourth-order valence-corrected chi connectivity index (χ4v) is 4.28. The fourth-order valence-electron chi connectivity index (χ4n) is 4.28. The van der Waals surface area contributed by atoms with E-state index in [0.29, 0.717) is 24.0 Å². The van der Waals surface area contributed by atoms with E-state index in [2.05, 4.69) is 11.5 Å². The number of hydrogen-bond donors (Lipinski definition) is 0. The van der Waals surface area contributed by atoms with Crippen LogP contribution in [-0.4, -0.2) is 61.1 Å². The van der Waals surface area contributed by atoms with E-state index >= 15 is 0 Å². The molecule has 22 heavy (non-hydrogen) atoms. The fraction of sp³-hybridized carbons (Fsp3) is 0.833. The minimum absolute atomic E-state index is 0.309. The molecule has 0 unspecified atom stereocenters. The summed E-state index contributed by atoms with van der Waals surface area (Å²) in [6.45, 7) is 9.80. The average molecular weight is 306 g/mol. The second-order valence-electron chi connectivity index (χ2n) is 7.35. The Kier molecular flexibility index (Phi) is 5.19. The number of likely N-dealkylation sites (tertiary alicyclic amines) is 2. The number of piperidine rings is 2. The van der Waals surface area contributed by atoms with Gasteiger partial charge >= 0.3 is 0 Å². The molecule has 0 aliphatic carbocycles. The Hall–Kier alpha value is -0.870. The number of carbonyl (C=O) groups excluding carboxylic acids is 1. The van der Waals surface area contributed by atoms with Gasteiger partial charge in [-0.1, -0.05) is 6.08 Å². The van der Waals surface area contributed by atoms with Crippen LogP contribution in [0.5, 0.6) is 0 Å². The molecular formula is C18H30N2O2. The van der Waals surface area contributed by atoms with E-state index in [1.807, 2.05) is 11.0 Å². The minimum Gasteiger partial charge on any atom is -0.377 e. The van der Waals surface area contributed by atoms with Gasteiger partial charge < -0.3 is 14.5 Å². The third kappa shape index (κ3) is 3.72. The predicted octanol–water partition coefficient (Wildman–Crippen LogP) is 2.45. The Morgan fingerprint density at radius 2 is 2.09 bits per heavy atom. The first-order chi connectivity index (χ1) is 10.7. The highest BCUT2D eigenvalue weighted by atomic mass is 16.5. The largest absolute Gasteiger partial charge is 0.377 e. The van der Waals surface area contributed by atoms with E-state index in [0.717, 1.165) is 45.6 Å². The number of rotatable bonds is 4. The second-order valence-corrected chi connectivity index (χ2v) is 7.35. The summed E-state index contributed by atoms with van der Waals surface area (Å²) in [4.78, 5) is 16.6. The molecule has 3 fully saturated rings. The van der Waals surface area contributed by atoms with Crippen LogP contribution in [-0.2, 0) is 9.53 Å². The monoisotopic (exact) mass is 306 g/mol. The van der Waals surface area contributed by atoms with E-state index in [4.69, 9.17) is 4.74 Å². The standard InChI is InChI=1S/C18H30N2O2/c1-2-10-20-15-18(7-6-17(20)21)8-11-19(12-9-18)14-16-5-3-4-13-22-16/h2,16H,1,3-15H2/t16-/m1/s1. The Balaban J connectivity index is 1.49. The van der Waals surface area contributed by atoms with E-state index in [9.17, 15) is 4.79 Å². The van der Waals surface area contributed by atoms with Gasteiger partial charge in [0.15, 0.2) is 0 Å². The molecule has 3 aliphatic rings. The van der Waals surface area contributed by atoms with Gasteiger partial charge in [-0.3, -0.25) is 4.79 Å². The van der Waals surface area contributed by atoms with Gasteiger partial charge in [0.05, 0.1) is 6.10 Å². The number of ether oxygens (including phenoxy) is 1. The van der Waals surface area contributed by atoms with Crippen molar-refractivity contribution in [1.29, 1.82) is 0 Å². The molecule has 1 spiro atoms. The van der Waals surface area contributed by atoms with Gasteiger partial charge in [0, 0.05) is 32.7 Å². The van der Waals surface area contributed by atoms with Crippen molar-refractivity contribution in [2.45, 2.75) is 51.0 Å². The molecule has 3 heterocycles. The lowest BCUT2D eigenvalue weighted by atomic mass is 9.72. The summed E-state index contributed by atoms with van der Waals surface area (Å²) in [6, 6.07) is 0. The number of hydrogen-bond acceptors (Lipinski definition) is 3. The normalized spacial score (nSPS) is 29.7. The van der Waals surface area contributed by atoms with E-state index < -0.39 is 0 Å². The number of nitrogens with zero attached hydrogens (tertiary/aromatic N) is 2. The lowest BCUT2D eigenvalue weighted by molar-refractivity contribution is -0.138. The predicted molar refractivity (Wildman–Crippen MR) is 87.7 cm³/mol. The summed E-state index contributed by atoms with van der Waals surface area (Å²) >= 11 is 0. The Bertz CT molecular complexity index is 396. The van der Waals surface area contributed by atoms with Crippen LogP contribution < -0.4 is 0 Å². The summed E-state index contributed by atoms with van der Waals surface area (Å²) in [5.41, 5.74) is 0.362. The molecule has 4 heteroatoms. The zero-order valence-corrected chi connectivity index (χ0v) is 13.8. The van der Waals surface area contributed by atoms with Gasteiger partial charge in [-0.15, -0.1) is 6.58 Å². The Morgan fingerprint density at radius 3 is 2.77 bits per heavy atom. The van der Waals surface area contributed by atoms with E-state index in [1.165, 1.54) is 32.1 Å². The first-order valence-electron chi connectivity index (χ1n) is 8.93. The van der Waals surface area contributed by atoms with Crippen LogP contribution in [0, 0.1) is 5.41 Å². The van der Waals surface area contributed by atoms with Crippen molar-refractivity contribution in [2.75, 3.05) is 39.3 Å². The Labute approximate surface area is 134 Å². The lowest BCUT2D eigenvalue weighted by Gasteiger charge is -2.47. The topological polar surface area (TPSA) is 32.8 Å². The van der Waals surface area contributed by atoms with Crippen molar-refractivity contribution < 1.29 is 9.53 Å². The molecule has 0 N–H and O–H groups in total. The molecule has 0 saturated carbocycles. The highest BCUT2D eigenvalue weighted by molar-refractivity contribution is 5.77. The average Bonchev–Trinajstić information content (AvgIpc) is 2.55. The first kappa shape index (κ1) is 16.0. The highest BCUT2D eigenvalue weighted by Gasteiger charge is 2.40. The zero-order valence-electron chi connectivity index (χ0n) is 13.8. The molecule has 1 atom stereocenters. The molecule has 124 valence electrons. The molecule has 3 aliphatic heterocycles. The minimum atomic E-state index is 0.309. The van der Waals surface area contributed by atoms with Gasteiger partial charge in [0.25, 0.3) is 0 Å². The Morgan fingerprint density at radius 1 is 1.27 bits per heavy atom. The summed E-state index contributed by atoms with van der Waals surface area (Å²) in [5, 5.41) is 0. The lowest BCUT2D eigenvalue weighted by Crippen LogP contribution is -2.52. The van der Waals surface area contributed by atoms with Gasteiger partial charge in [0.2, 0.25) is 5.91 Å². The molecule has 0 aromatic carbocycles. The molecule has 0 aromatic rings. The van der Waals surface area contributed by atoms with Crippen molar-refractivity contribution in [2.24, 2.45) is 5.41 Å². The summed E-state index contributed by atoms with van der Waals surface area (Å²) < 4.78 is 5.88. The van der Waals surface area contributed by atoms with Crippen LogP contribution in [0.4, 0.5) is 0 Å². The quantitative estimate of drug-likeness (QED) is 0.748. The summed E-state index contributed by atoms with van der Waals surface area (Å²) in [6.07, 6.45) is 10.3. The summed E-state index contributed by atoms with van der Waals surface area (Å²) in [7, 11) is 0. The van der Waals surface area contributed by atoms with Crippen molar-refractivity contribution in [3.8, 4) is 0 Å². The van der Waals surface area contributed by atoms with Crippen molar-refractivity contribution >= 4 is 5.91 Å². The van der Waals surface area contributed by atoms with Crippen LogP contribution in [0.2, 0.25) is 0 Å². The number of carbonyl (C=O) groups is 1. The number of amides is 1. The van der Waals surface area contributed by atoms with Gasteiger partial charge in [0.1, 0.15) is 0 Å². The maximum absolute atomic E-state index is 12.0.